The maximum atomic E-state index is 13.1. The SMILES string of the molecule is Fc1ccc(C2CCc3c(NCC4CC4)nc(Cl)nc32)cc1. The van der Waals surface area contributed by atoms with Crippen molar-refractivity contribution in [1.82, 2.24) is 9.97 Å². The molecule has 2 aliphatic carbocycles. The molecule has 1 atom stereocenters. The fourth-order valence-corrected chi connectivity index (χ4v) is 3.34. The molecule has 1 N–H and O–H groups in total. The van der Waals surface area contributed by atoms with Crippen LogP contribution in [0.2, 0.25) is 5.28 Å². The van der Waals surface area contributed by atoms with Gasteiger partial charge in [-0.1, -0.05) is 12.1 Å². The first kappa shape index (κ1) is 13.9. The van der Waals surface area contributed by atoms with Gasteiger partial charge in [-0.2, -0.15) is 0 Å². The van der Waals surface area contributed by atoms with Gasteiger partial charge in [0.15, 0.2) is 0 Å². The summed E-state index contributed by atoms with van der Waals surface area (Å²) in [6.45, 7) is 0.959. The summed E-state index contributed by atoms with van der Waals surface area (Å²) >= 11 is 6.12. The Morgan fingerprint density at radius 1 is 1.14 bits per heavy atom. The highest BCUT2D eigenvalue weighted by Gasteiger charge is 2.30. The van der Waals surface area contributed by atoms with Crippen molar-refractivity contribution in [2.45, 2.75) is 31.6 Å². The highest BCUT2D eigenvalue weighted by molar-refractivity contribution is 6.28. The fraction of sp³-hybridized carbons (Fsp3) is 0.412. The molecule has 0 saturated heterocycles. The van der Waals surface area contributed by atoms with E-state index in [0.717, 1.165) is 42.4 Å². The minimum absolute atomic E-state index is 0.178. The van der Waals surface area contributed by atoms with E-state index in [1.165, 1.54) is 30.5 Å². The first-order valence-electron chi connectivity index (χ1n) is 7.76. The van der Waals surface area contributed by atoms with Crippen LogP contribution in [0.3, 0.4) is 0 Å². The van der Waals surface area contributed by atoms with E-state index in [4.69, 9.17) is 11.6 Å². The number of nitrogens with zero attached hydrogens (tertiary/aromatic N) is 2. The van der Waals surface area contributed by atoms with Crippen molar-refractivity contribution in [3.05, 3.63) is 52.2 Å². The summed E-state index contributed by atoms with van der Waals surface area (Å²) in [4.78, 5) is 8.83. The van der Waals surface area contributed by atoms with E-state index in [1.54, 1.807) is 0 Å². The van der Waals surface area contributed by atoms with Gasteiger partial charge in [0.25, 0.3) is 0 Å². The Bertz CT molecular complexity index is 698. The number of aromatic nitrogens is 2. The van der Waals surface area contributed by atoms with Crippen LogP contribution in [0, 0.1) is 11.7 Å². The maximum Gasteiger partial charge on any atom is 0.224 e. The molecule has 0 radical (unpaired) electrons. The molecule has 114 valence electrons. The average molecular weight is 318 g/mol. The first-order chi connectivity index (χ1) is 10.7. The molecule has 2 aliphatic rings. The lowest BCUT2D eigenvalue weighted by Gasteiger charge is -2.13. The standard InChI is InChI=1S/C17H17ClFN3/c18-17-21-15-13(11-3-5-12(19)6-4-11)7-8-14(15)16(22-17)20-9-10-1-2-10/h3-6,10,13H,1-2,7-9H2,(H,20,21,22). The zero-order valence-corrected chi connectivity index (χ0v) is 12.9. The number of benzene rings is 1. The largest absolute Gasteiger partial charge is 0.369 e. The smallest absolute Gasteiger partial charge is 0.224 e. The van der Waals surface area contributed by atoms with E-state index in [2.05, 4.69) is 15.3 Å². The molecule has 0 aliphatic heterocycles. The van der Waals surface area contributed by atoms with Gasteiger partial charge in [-0.3, -0.25) is 0 Å². The van der Waals surface area contributed by atoms with Gasteiger partial charge >= 0.3 is 0 Å². The van der Waals surface area contributed by atoms with Crippen LogP contribution >= 0.6 is 11.6 Å². The topological polar surface area (TPSA) is 37.8 Å². The fourth-order valence-electron chi connectivity index (χ4n) is 3.16. The molecule has 1 heterocycles. The van der Waals surface area contributed by atoms with Crippen molar-refractivity contribution in [2.75, 3.05) is 11.9 Å². The van der Waals surface area contributed by atoms with E-state index < -0.39 is 0 Å². The van der Waals surface area contributed by atoms with E-state index in [-0.39, 0.29) is 17.0 Å². The van der Waals surface area contributed by atoms with Crippen LogP contribution in [0.5, 0.6) is 0 Å². The number of anilines is 1. The molecular weight excluding hydrogens is 301 g/mol. The minimum atomic E-state index is -0.213. The Kier molecular flexibility index (Phi) is 3.49. The summed E-state index contributed by atoms with van der Waals surface area (Å²) < 4.78 is 13.1. The third kappa shape index (κ3) is 2.68. The molecule has 22 heavy (non-hydrogen) atoms. The summed E-state index contributed by atoms with van der Waals surface area (Å²) in [5.41, 5.74) is 3.24. The van der Waals surface area contributed by atoms with E-state index in [9.17, 15) is 4.39 Å². The molecule has 1 aromatic carbocycles. The second kappa shape index (κ2) is 5.51. The quantitative estimate of drug-likeness (QED) is 0.860. The second-order valence-electron chi connectivity index (χ2n) is 6.17. The van der Waals surface area contributed by atoms with E-state index >= 15 is 0 Å². The van der Waals surface area contributed by atoms with Gasteiger partial charge in [0, 0.05) is 18.0 Å². The summed E-state index contributed by atoms with van der Waals surface area (Å²) in [5, 5.41) is 3.72. The number of halogens is 2. The van der Waals surface area contributed by atoms with Crippen molar-refractivity contribution in [3.63, 3.8) is 0 Å². The van der Waals surface area contributed by atoms with Gasteiger partial charge in [0.2, 0.25) is 5.28 Å². The highest BCUT2D eigenvalue weighted by Crippen LogP contribution is 2.40. The zero-order chi connectivity index (χ0) is 15.1. The summed E-state index contributed by atoms with van der Waals surface area (Å²) in [7, 11) is 0. The monoisotopic (exact) mass is 317 g/mol. The lowest BCUT2D eigenvalue weighted by atomic mass is 9.97. The first-order valence-corrected chi connectivity index (χ1v) is 8.14. The lowest BCUT2D eigenvalue weighted by Crippen LogP contribution is -2.09. The van der Waals surface area contributed by atoms with E-state index in [0.29, 0.717) is 0 Å². The number of nitrogens with one attached hydrogen (secondary N) is 1. The van der Waals surface area contributed by atoms with Gasteiger partial charge in [-0.05, 0) is 60.9 Å². The molecule has 5 heteroatoms. The minimum Gasteiger partial charge on any atom is -0.369 e. The lowest BCUT2D eigenvalue weighted by molar-refractivity contribution is 0.625. The molecule has 3 nitrogen and oxygen atoms in total. The molecule has 1 fully saturated rings. The van der Waals surface area contributed by atoms with Gasteiger partial charge in [-0.25, -0.2) is 14.4 Å². The molecule has 2 aromatic rings. The van der Waals surface area contributed by atoms with Crippen LogP contribution in [0.1, 0.15) is 42.0 Å². The predicted octanol–water partition coefficient (Wildman–Crippen LogP) is 4.17. The molecule has 0 bridgehead atoms. The Hall–Kier alpha value is -1.68. The third-order valence-electron chi connectivity index (χ3n) is 4.55. The predicted molar refractivity (Wildman–Crippen MR) is 84.8 cm³/mol. The normalized spacial score (nSPS) is 20.0. The van der Waals surface area contributed by atoms with Crippen LogP contribution < -0.4 is 5.32 Å². The summed E-state index contributed by atoms with van der Waals surface area (Å²) in [6, 6.07) is 6.68. The summed E-state index contributed by atoms with van der Waals surface area (Å²) in [6.07, 6.45) is 4.49. The second-order valence-corrected chi connectivity index (χ2v) is 6.51. The maximum absolute atomic E-state index is 13.1. The Morgan fingerprint density at radius 3 is 2.64 bits per heavy atom. The molecule has 1 unspecified atom stereocenters. The van der Waals surface area contributed by atoms with Gasteiger partial charge < -0.3 is 5.32 Å². The Labute approximate surface area is 133 Å². The highest BCUT2D eigenvalue weighted by atomic mass is 35.5. The molecule has 0 amide bonds. The van der Waals surface area contributed by atoms with Crippen molar-refractivity contribution >= 4 is 17.4 Å². The van der Waals surface area contributed by atoms with Gasteiger partial charge in [0.1, 0.15) is 11.6 Å². The number of hydrogen-bond acceptors (Lipinski definition) is 3. The average Bonchev–Trinajstić information content (AvgIpc) is 3.24. The summed E-state index contributed by atoms with van der Waals surface area (Å²) in [5.74, 6) is 1.62. The Morgan fingerprint density at radius 2 is 1.91 bits per heavy atom. The third-order valence-corrected chi connectivity index (χ3v) is 4.72. The van der Waals surface area contributed by atoms with Gasteiger partial charge in [-0.15, -0.1) is 0 Å². The number of rotatable bonds is 4. The molecule has 4 rings (SSSR count). The van der Waals surface area contributed by atoms with Crippen LogP contribution in [-0.2, 0) is 6.42 Å². The Balaban J connectivity index is 1.66. The number of hydrogen-bond donors (Lipinski definition) is 1. The molecule has 0 spiro atoms. The molecular formula is C17H17ClFN3. The van der Waals surface area contributed by atoms with Crippen molar-refractivity contribution in [3.8, 4) is 0 Å². The van der Waals surface area contributed by atoms with Crippen molar-refractivity contribution in [2.24, 2.45) is 5.92 Å². The van der Waals surface area contributed by atoms with Gasteiger partial charge in [0.05, 0.1) is 5.69 Å². The van der Waals surface area contributed by atoms with Crippen LogP contribution in [0.15, 0.2) is 24.3 Å². The number of fused-ring (bicyclic) bond motifs is 1. The van der Waals surface area contributed by atoms with E-state index in [1.807, 2.05) is 12.1 Å². The van der Waals surface area contributed by atoms with Crippen molar-refractivity contribution < 1.29 is 4.39 Å². The van der Waals surface area contributed by atoms with Crippen LogP contribution in [-0.4, -0.2) is 16.5 Å². The van der Waals surface area contributed by atoms with Crippen LogP contribution in [0.25, 0.3) is 0 Å². The zero-order valence-electron chi connectivity index (χ0n) is 12.1. The van der Waals surface area contributed by atoms with Crippen LogP contribution in [0.4, 0.5) is 10.2 Å². The van der Waals surface area contributed by atoms with Crippen molar-refractivity contribution in [1.29, 1.82) is 0 Å². The molecule has 1 aromatic heterocycles. The molecule has 1 saturated carbocycles.